The van der Waals surface area contributed by atoms with Gasteiger partial charge in [-0.15, -0.1) is 11.3 Å². The number of H-pyrrole nitrogens is 1. The van der Waals surface area contributed by atoms with Crippen molar-refractivity contribution in [2.75, 3.05) is 6.54 Å². The number of hydrogen-bond acceptors (Lipinski definition) is 5. The van der Waals surface area contributed by atoms with Crippen LogP contribution < -0.4 is 10.5 Å². The van der Waals surface area contributed by atoms with Crippen molar-refractivity contribution in [1.82, 2.24) is 14.7 Å². The van der Waals surface area contributed by atoms with E-state index in [0.717, 1.165) is 4.88 Å². The molecule has 0 saturated carbocycles. The summed E-state index contributed by atoms with van der Waals surface area (Å²) < 4.78 is 27.7. The molecule has 110 valence electrons. The van der Waals surface area contributed by atoms with Gasteiger partial charge in [0.1, 0.15) is 10.0 Å². The normalized spacial score (nSPS) is 13.5. The van der Waals surface area contributed by atoms with Crippen molar-refractivity contribution in [2.24, 2.45) is 5.73 Å². The van der Waals surface area contributed by atoms with Crippen LogP contribution in [-0.2, 0) is 16.4 Å². The Labute approximate surface area is 122 Å². The number of aromatic amines is 1. The van der Waals surface area contributed by atoms with Gasteiger partial charge in [0.25, 0.3) is 10.0 Å². The van der Waals surface area contributed by atoms with Gasteiger partial charge < -0.3 is 10.7 Å². The largest absolute Gasteiger partial charge is 0.347 e. The topological polar surface area (TPSA) is 101 Å². The van der Waals surface area contributed by atoms with Crippen molar-refractivity contribution in [3.63, 3.8) is 0 Å². The number of hydrogen-bond donors (Lipinski definition) is 3. The van der Waals surface area contributed by atoms with E-state index >= 15 is 0 Å². The molecule has 1 atom stereocenters. The molecule has 1 unspecified atom stereocenters. The zero-order valence-corrected chi connectivity index (χ0v) is 12.8. The Morgan fingerprint density at radius 2 is 2.30 bits per heavy atom. The summed E-state index contributed by atoms with van der Waals surface area (Å²) in [7, 11) is -3.53. The Hall–Kier alpha value is -1.22. The Morgan fingerprint density at radius 1 is 1.50 bits per heavy atom. The Balaban J connectivity index is 2.17. The molecule has 0 aliphatic rings. The van der Waals surface area contributed by atoms with Crippen molar-refractivity contribution in [1.29, 1.82) is 0 Å². The highest BCUT2D eigenvalue weighted by molar-refractivity contribution is 7.91. The maximum atomic E-state index is 12.3. The number of nitrogens with one attached hydrogen (secondary N) is 2. The van der Waals surface area contributed by atoms with Crippen molar-refractivity contribution in [3.8, 4) is 0 Å². The molecule has 0 aliphatic heterocycles. The molecule has 2 aromatic heterocycles. The molecule has 0 fully saturated rings. The lowest BCUT2D eigenvalue weighted by Crippen LogP contribution is -2.28. The summed E-state index contributed by atoms with van der Waals surface area (Å²) in [5.74, 6) is 0.620. The average Bonchev–Trinajstić information content (AvgIpc) is 3.07. The van der Waals surface area contributed by atoms with E-state index in [-0.39, 0.29) is 6.04 Å². The van der Waals surface area contributed by atoms with Crippen LogP contribution in [0, 0.1) is 0 Å². The Bertz CT molecular complexity index is 634. The Kier molecular flexibility index (Phi) is 4.92. The van der Waals surface area contributed by atoms with E-state index in [1.54, 1.807) is 24.5 Å². The second-order valence-electron chi connectivity index (χ2n) is 4.32. The van der Waals surface area contributed by atoms with Crippen molar-refractivity contribution in [2.45, 2.75) is 30.0 Å². The van der Waals surface area contributed by atoms with Gasteiger partial charge in [0.2, 0.25) is 0 Å². The third-order valence-electron chi connectivity index (χ3n) is 2.85. The van der Waals surface area contributed by atoms with Crippen LogP contribution in [0.4, 0.5) is 0 Å². The molecule has 2 rings (SSSR count). The maximum absolute atomic E-state index is 12.3. The average molecular weight is 314 g/mol. The zero-order valence-electron chi connectivity index (χ0n) is 11.2. The van der Waals surface area contributed by atoms with Gasteiger partial charge in [-0.05, 0) is 31.5 Å². The summed E-state index contributed by atoms with van der Waals surface area (Å²) in [5, 5.41) is 0. The van der Waals surface area contributed by atoms with Gasteiger partial charge in [-0.2, -0.15) is 4.72 Å². The Morgan fingerprint density at radius 3 is 2.90 bits per heavy atom. The monoisotopic (exact) mass is 314 g/mol. The van der Waals surface area contributed by atoms with Gasteiger partial charge in [-0.1, -0.05) is 6.92 Å². The molecule has 0 spiro atoms. The first-order valence-electron chi connectivity index (χ1n) is 6.37. The molecule has 2 aromatic rings. The van der Waals surface area contributed by atoms with Crippen molar-refractivity contribution >= 4 is 21.4 Å². The van der Waals surface area contributed by atoms with E-state index in [9.17, 15) is 8.42 Å². The molecule has 20 heavy (non-hydrogen) atoms. The number of nitrogens with two attached hydrogens (primary N) is 1. The number of nitrogens with zero attached hydrogens (tertiary/aromatic N) is 1. The molecule has 2 heterocycles. The molecule has 0 bridgehead atoms. The summed E-state index contributed by atoms with van der Waals surface area (Å²) in [4.78, 5) is 8.01. The molecule has 0 amide bonds. The summed E-state index contributed by atoms with van der Waals surface area (Å²) in [6.07, 6.45) is 4.59. The molecule has 8 heteroatoms. The standard InChI is InChI=1S/C12H18N4O2S2/c1-2-10(12-14-7-8-15-12)16-20(17,18)11-4-3-9(19-11)5-6-13/h3-4,7-8,10,16H,2,5-6,13H2,1H3,(H,14,15). The van der Waals surface area contributed by atoms with Gasteiger partial charge in [-0.25, -0.2) is 13.4 Å². The third kappa shape index (κ3) is 3.45. The lowest BCUT2D eigenvalue weighted by Gasteiger charge is -2.13. The predicted octanol–water partition coefficient (Wildman–Crippen LogP) is 1.40. The minimum absolute atomic E-state index is 0.311. The molecule has 0 aliphatic carbocycles. The van der Waals surface area contributed by atoms with E-state index in [1.807, 2.05) is 6.92 Å². The van der Waals surface area contributed by atoms with Crippen LogP contribution in [0.5, 0.6) is 0 Å². The third-order valence-corrected chi connectivity index (χ3v) is 5.96. The maximum Gasteiger partial charge on any atom is 0.250 e. The minimum atomic E-state index is -3.53. The van der Waals surface area contributed by atoms with E-state index in [2.05, 4.69) is 14.7 Å². The highest BCUT2D eigenvalue weighted by Crippen LogP contribution is 2.24. The van der Waals surface area contributed by atoms with Gasteiger partial charge in [-0.3, -0.25) is 0 Å². The number of rotatable bonds is 7. The predicted molar refractivity (Wildman–Crippen MR) is 79.0 cm³/mol. The summed E-state index contributed by atoms with van der Waals surface area (Å²) in [5.41, 5.74) is 5.47. The van der Waals surface area contributed by atoms with Crippen LogP contribution >= 0.6 is 11.3 Å². The first-order chi connectivity index (χ1) is 9.56. The van der Waals surface area contributed by atoms with Crippen molar-refractivity contribution in [3.05, 3.63) is 35.2 Å². The molecule has 6 nitrogen and oxygen atoms in total. The summed E-state index contributed by atoms with van der Waals surface area (Å²) in [6, 6.07) is 3.07. The molecular formula is C12H18N4O2S2. The van der Waals surface area contributed by atoms with E-state index in [4.69, 9.17) is 5.73 Å². The SMILES string of the molecule is CCC(NS(=O)(=O)c1ccc(CCN)s1)c1ncc[nH]1. The first kappa shape index (κ1) is 15.2. The van der Waals surface area contributed by atoms with Crippen LogP contribution in [0.1, 0.15) is 30.1 Å². The van der Waals surface area contributed by atoms with Crippen molar-refractivity contribution < 1.29 is 8.42 Å². The highest BCUT2D eigenvalue weighted by atomic mass is 32.2. The van der Waals surface area contributed by atoms with Gasteiger partial charge >= 0.3 is 0 Å². The molecule has 0 saturated heterocycles. The zero-order chi connectivity index (χ0) is 14.6. The molecule has 0 radical (unpaired) electrons. The fraction of sp³-hybridized carbons (Fsp3) is 0.417. The molecule has 0 aromatic carbocycles. The number of thiophene rings is 1. The van der Waals surface area contributed by atoms with Crippen LogP contribution in [0.15, 0.2) is 28.7 Å². The minimum Gasteiger partial charge on any atom is -0.347 e. The smallest absolute Gasteiger partial charge is 0.250 e. The first-order valence-corrected chi connectivity index (χ1v) is 8.67. The second-order valence-corrected chi connectivity index (χ2v) is 7.43. The second kappa shape index (κ2) is 6.49. The number of imidazole rings is 1. The fourth-order valence-electron chi connectivity index (χ4n) is 1.83. The lowest BCUT2D eigenvalue weighted by molar-refractivity contribution is 0.541. The summed E-state index contributed by atoms with van der Waals surface area (Å²) >= 11 is 1.25. The molecule has 4 N–H and O–H groups in total. The number of sulfonamides is 1. The van der Waals surface area contributed by atoms with E-state index < -0.39 is 10.0 Å². The van der Waals surface area contributed by atoms with E-state index in [0.29, 0.717) is 29.4 Å². The van der Waals surface area contributed by atoms with Crippen LogP contribution in [0.3, 0.4) is 0 Å². The fourth-order valence-corrected chi connectivity index (χ4v) is 4.50. The molecular weight excluding hydrogens is 296 g/mol. The van der Waals surface area contributed by atoms with Crippen LogP contribution in [0.2, 0.25) is 0 Å². The van der Waals surface area contributed by atoms with Gasteiger partial charge in [0, 0.05) is 17.3 Å². The van der Waals surface area contributed by atoms with Crippen LogP contribution in [-0.4, -0.2) is 24.9 Å². The van der Waals surface area contributed by atoms with E-state index in [1.165, 1.54) is 11.3 Å². The van der Waals surface area contributed by atoms with Crippen LogP contribution in [0.25, 0.3) is 0 Å². The van der Waals surface area contributed by atoms with Gasteiger partial charge in [0.05, 0.1) is 6.04 Å². The van der Waals surface area contributed by atoms with Gasteiger partial charge in [0.15, 0.2) is 0 Å². The highest BCUT2D eigenvalue weighted by Gasteiger charge is 2.23. The quantitative estimate of drug-likeness (QED) is 0.719. The number of aromatic nitrogens is 2. The lowest BCUT2D eigenvalue weighted by atomic mass is 10.2. The summed E-state index contributed by atoms with van der Waals surface area (Å²) in [6.45, 7) is 2.42.